The van der Waals surface area contributed by atoms with Gasteiger partial charge in [-0.15, -0.1) is 0 Å². The van der Waals surface area contributed by atoms with Crippen LogP contribution in [-0.4, -0.2) is 30.6 Å². The molecule has 0 saturated heterocycles. The second-order valence-electron chi connectivity index (χ2n) is 5.48. The number of rotatable bonds is 8. The zero-order chi connectivity index (χ0) is 16.8. The molecule has 0 aliphatic heterocycles. The molecule has 0 spiro atoms. The lowest BCUT2D eigenvalue weighted by molar-refractivity contribution is -0.684. The van der Waals surface area contributed by atoms with Gasteiger partial charge in [-0.1, -0.05) is 11.3 Å². The molecule has 1 N–H and O–H groups in total. The fraction of sp³-hybridized carbons (Fsp3) is 0.444. The van der Waals surface area contributed by atoms with Gasteiger partial charge in [0.05, 0.1) is 4.88 Å². The maximum absolute atomic E-state index is 12.5. The number of aliphatic hydroxyl groups excluding tert-OH is 1. The number of aliphatic hydroxyl groups is 1. The third-order valence-electron chi connectivity index (χ3n) is 4.13. The van der Waals surface area contributed by atoms with Crippen LogP contribution < -0.4 is 9.47 Å². The molecule has 1 aromatic heterocycles. The van der Waals surface area contributed by atoms with Crippen molar-refractivity contribution in [2.45, 2.75) is 33.7 Å². The van der Waals surface area contributed by atoms with Crippen LogP contribution in [0.4, 0.5) is 5.69 Å². The summed E-state index contributed by atoms with van der Waals surface area (Å²) in [5, 5.41) is 9.05. The van der Waals surface area contributed by atoms with E-state index in [0.29, 0.717) is 13.0 Å². The standard InChI is InChI=1S/C18H25N2O2S/c1-4-19(5-2)16-8-6-15(7-9-16)17(22)12-20-13-23-18(10-11-21)14(20)3/h6-9,13,21H,4-5,10-12H2,1-3H3/q+1. The zero-order valence-electron chi connectivity index (χ0n) is 14.1. The fourth-order valence-electron chi connectivity index (χ4n) is 2.64. The summed E-state index contributed by atoms with van der Waals surface area (Å²) in [4.78, 5) is 15.9. The summed E-state index contributed by atoms with van der Waals surface area (Å²) in [6.07, 6.45) is 0.649. The Morgan fingerprint density at radius 2 is 1.87 bits per heavy atom. The molecule has 1 aromatic carbocycles. The van der Waals surface area contributed by atoms with Gasteiger partial charge in [0.1, 0.15) is 0 Å². The SMILES string of the molecule is CCN(CC)c1ccc(C(=O)C[n+]2csc(CCO)c2C)cc1. The molecule has 1 heterocycles. The average Bonchev–Trinajstić information content (AvgIpc) is 2.90. The molecule has 0 aliphatic rings. The Balaban J connectivity index is 2.09. The molecule has 124 valence electrons. The molecule has 0 amide bonds. The van der Waals surface area contributed by atoms with Crippen molar-refractivity contribution in [2.24, 2.45) is 0 Å². The second-order valence-corrected chi connectivity index (χ2v) is 6.42. The van der Waals surface area contributed by atoms with E-state index in [9.17, 15) is 4.79 Å². The summed E-state index contributed by atoms with van der Waals surface area (Å²) in [6.45, 7) is 8.66. The summed E-state index contributed by atoms with van der Waals surface area (Å²) in [5.41, 5.74) is 4.92. The Morgan fingerprint density at radius 3 is 2.43 bits per heavy atom. The van der Waals surface area contributed by atoms with Crippen LogP contribution in [0, 0.1) is 6.92 Å². The van der Waals surface area contributed by atoms with Gasteiger partial charge in [-0.05, 0) is 38.1 Å². The highest BCUT2D eigenvalue weighted by Crippen LogP contribution is 2.16. The van der Waals surface area contributed by atoms with E-state index in [0.717, 1.165) is 34.9 Å². The summed E-state index contributed by atoms with van der Waals surface area (Å²) < 4.78 is 1.97. The first kappa shape index (κ1) is 17.6. The zero-order valence-corrected chi connectivity index (χ0v) is 14.9. The van der Waals surface area contributed by atoms with Crippen LogP contribution in [0.1, 0.15) is 34.8 Å². The summed E-state index contributed by atoms with van der Waals surface area (Å²) in [6, 6.07) is 7.85. The first-order chi connectivity index (χ1) is 11.1. The van der Waals surface area contributed by atoms with Crippen LogP contribution >= 0.6 is 11.3 Å². The van der Waals surface area contributed by atoms with Crippen LogP contribution in [0.5, 0.6) is 0 Å². The summed E-state index contributed by atoms with van der Waals surface area (Å²) in [5.74, 6) is 0.109. The highest BCUT2D eigenvalue weighted by Gasteiger charge is 2.19. The van der Waals surface area contributed by atoms with Gasteiger partial charge in [0, 0.05) is 44.3 Å². The van der Waals surface area contributed by atoms with Gasteiger partial charge in [-0.25, -0.2) is 0 Å². The molecule has 0 saturated carbocycles. The van der Waals surface area contributed by atoms with E-state index in [2.05, 4.69) is 18.7 Å². The Bertz CT molecular complexity index is 646. The van der Waals surface area contributed by atoms with E-state index < -0.39 is 0 Å². The number of carbonyl (C=O) groups is 1. The van der Waals surface area contributed by atoms with Crippen molar-refractivity contribution in [3.63, 3.8) is 0 Å². The lowest BCUT2D eigenvalue weighted by Gasteiger charge is -2.20. The Morgan fingerprint density at radius 1 is 1.22 bits per heavy atom. The molecular formula is C18H25N2O2S+. The molecule has 0 atom stereocenters. The van der Waals surface area contributed by atoms with Crippen molar-refractivity contribution in [1.82, 2.24) is 0 Å². The predicted molar refractivity (Wildman–Crippen MR) is 94.4 cm³/mol. The quantitative estimate of drug-likeness (QED) is 0.596. The Labute approximate surface area is 142 Å². The fourth-order valence-corrected chi connectivity index (χ4v) is 3.63. The van der Waals surface area contributed by atoms with E-state index in [-0.39, 0.29) is 12.4 Å². The van der Waals surface area contributed by atoms with Gasteiger partial charge in [0.25, 0.3) is 0 Å². The third-order valence-corrected chi connectivity index (χ3v) is 5.27. The molecule has 0 fully saturated rings. The van der Waals surface area contributed by atoms with Crippen molar-refractivity contribution in [1.29, 1.82) is 0 Å². The maximum Gasteiger partial charge on any atom is 0.227 e. The van der Waals surface area contributed by atoms with Crippen LogP contribution in [0.25, 0.3) is 0 Å². The molecule has 2 rings (SSSR count). The van der Waals surface area contributed by atoms with Crippen molar-refractivity contribution >= 4 is 22.8 Å². The van der Waals surface area contributed by atoms with Gasteiger partial charge >= 0.3 is 0 Å². The predicted octanol–water partition coefficient (Wildman–Crippen LogP) is 2.61. The first-order valence-electron chi connectivity index (χ1n) is 8.06. The third kappa shape index (κ3) is 4.18. The van der Waals surface area contributed by atoms with E-state index in [1.807, 2.05) is 41.3 Å². The van der Waals surface area contributed by atoms with Crippen molar-refractivity contribution in [3.8, 4) is 0 Å². The Hall–Kier alpha value is -1.72. The molecule has 0 aliphatic carbocycles. The summed E-state index contributed by atoms with van der Waals surface area (Å²) >= 11 is 1.59. The lowest BCUT2D eigenvalue weighted by atomic mass is 10.1. The number of benzene rings is 1. The van der Waals surface area contributed by atoms with E-state index >= 15 is 0 Å². The smallest absolute Gasteiger partial charge is 0.227 e. The number of hydrogen-bond donors (Lipinski definition) is 1. The second kappa shape index (κ2) is 8.22. The van der Waals surface area contributed by atoms with Gasteiger partial charge in [-0.3, -0.25) is 4.79 Å². The topological polar surface area (TPSA) is 44.4 Å². The molecule has 2 aromatic rings. The molecule has 5 heteroatoms. The molecule has 0 unspecified atom stereocenters. The maximum atomic E-state index is 12.5. The van der Waals surface area contributed by atoms with Crippen molar-refractivity contribution < 1.29 is 14.5 Å². The minimum atomic E-state index is 0.109. The molecule has 23 heavy (non-hydrogen) atoms. The van der Waals surface area contributed by atoms with Crippen LogP contribution in [0.3, 0.4) is 0 Å². The molecule has 0 bridgehead atoms. The number of aromatic nitrogens is 1. The largest absolute Gasteiger partial charge is 0.396 e. The molecule has 4 nitrogen and oxygen atoms in total. The molecule has 0 radical (unpaired) electrons. The number of Topliss-reactive ketones (excluding diaryl/α,β-unsaturated/α-hetero) is 1. The summed E-state index contributed by atoms with van der Waals surface area (Å²) in [7, 11) is 0. The minimum absolute atomic E-state index is 0.109. The number of anilines is 1. The number of nitrogens with zero attached hydrogens (tertiary/aromatic N) is 2. The van der Waals surface area contributed by atoms with Gasteiger partial charge in [0.15, 0.2) is 5.69 Å². The monoisotopic (exact) mass is 333 g/mol. The minimum Gasteiger partial charge on any atom is -0.396 e. The highest BCUT2D eigenvalue weighted by molar-refractivity contribution is 7.09. The molecular weight excluding hydrogens is 308 g/mol. The van der Waals surface area contributed by atoms with Gasteiger partial charge in [0.2, 0.25) is 17.8 Å². The van der Waals surface area contributed by atoms with Crippen LogP contribution in [0.15, 0.2) is 29.8 Å². The van der Waals surface area contributed by atoms with E-state index in [1.165, 1.54) is 0 Å². The number of thiazole rings is 1. The number of ketones is 1. The number of carbonyl (C=O) groups excluding carboxylic acids is 1. The highest BCUT2D eigenvalue weighted by atomic mass is 32.1. The Kier molecular flexibility index (Phi) is 6.30. The van der Waals surface area contributed by atoms with Crippen molar-refractivity contribution in [3.05, 3.63) is 45.9 Å². The lowest BCUT2D eigenvalue weighted by Crippen LogP contribution is -2.38. The van der Waals surface area contributed by atoms with Crippen LogP contribution in [-0.2, 0) is 13.0 Å². The average molecular weight is 333 g/mol. The normalized spacial score (nSPS) is 10.8. The van der Waals surface area contributed by atoms with Gasteiger partial charge in [-0.2, -0.15) is 4.57 Å². The van der Waals surface area contributed by atoms with Gasteiger partial charge < -0.3 is 10.0 Å². The van der Waals surface area contributed by atoms with Crippen LogP contribution in [0.2, 0.25) is 0 Å². The van der Waals surface area contributed by atoms with Crippen molar-refractivity contribution in [2.75, 3.05) is 24.6 Å². The number of hydrogen-bond acceptors (Lipinski definition) is 4. The first-order valence-corrected chi connectivity index (χ1v) is 8.94. The van der Waals surface area contributed by atoms with E-state index in [4.69, 9.17) is 5.11 Å². The van der Waals surface area contributed by atoms with E-state index in [1.54, 1.807) is 11.3 Å².